The van der Waals surface area contributed by atoms with Crippen LogP contribution in [0.25, 0.3) is 0 Å². The third-order valence-corrected chi connectivity index (χ3v) is 4.58. The van der Waals surface area contributed by atoms with Gasteiger partial charge in [-0.3, -0.25) is 10.4 Å². The first-order valence-corrected chi connectivity index (χ1v) is 8.12. The van der Waals surface area contributed by atoms with Gasteiger partial charge in [0.1, 0.15) is 5.69 Å². The number of hydrogen-bond donors (Lipinski definition) is 2. The van der Waals surface area contributed by atoms with E-state index in [1.54, 1.807) is 12.3 Å². The number of thiocarbonyl (C=S) groups is 1. The number of rotatable bonds is 1. The summed E-state index contributed by atoms with van der Waals surface area (Å²) in [6, 6.07) is 1.78. The van der Waals surface area contributed by atoms with E-state index in [-0.39, 0.29) is 0 Å². The molecular weight excluding hydrogens is 320 g/mol. The molecule has 118 valence electrons. The van der Waals surface area contributed by atoms with E-state index >= 15 is 0 Å². The lowest BCUT2D eigenvalue weighted by molar-refractivity contribution is 0.214. The number of hydrogen-bond acceptors (Lipinski definition) is 5. The number of pyridine rings is 1. The molecule has 0 amide bonds. The Morgan fingerprint density at radius 3 is 2.95 bits per heavy atom. The van der Waals surface area contributed by atoms with E-state index in [1.807, 2.05) is 0 Å². The maximum absolute atomic E-state index is 6.19. The SMILES string of the molecule is CN1CCN(C(=S)N/N=C2/CCNc3c(Cl)ccnc32)CC1. The van der Waals surface area contributed by atoms with Crippen LogP contribution in [0.4, 0.5) is 5.69 Å². The predicted molar refractivity (Wildman–Crippen MR) is 93.7 cm³/mol. The van der Waals surface area contributed by atoms with Crippen LogP contribution >= 0.6 is 23.8 Å². The fraction of sp³-hybridized carbons (Fsp3) is 0.500. The standard InChI is InChI=1S/C14H19ClN6S/c1-20-6-8-21(9-7-20)14(22)19-18-11-3-5-16-12-10(15)2-4-17-13(11)12/h2,4,16H,3,5-9H2,1H3,(H,19,22)/b18-11-. The highest BCUT2D eigenvalue weighted by atomic mass is 35.5. The van der Waals surface area contributed by atoms with Gasteiger partial charge < -0.3 is 15.1 Å². The number of nitrogens with one attached hydrogen (secondary N) is 2. The van der Waals surface area contributed by atoms with Gasteiger partial charge in [-0.1, -0.05) is 11.6 Å². The number of nitrogens with zero attached hydrogens (tertiary/aromatic N) is 4. The highest BCUT2D eigenvalue weighted by Crippen LogP contribution is 2.28. The van der Waals surface area contributed by atoms with Gasteiger partial charge in [-0.05, 0) is 25.3 Å². The Balaban J connectivity index is 1.69. The fourth-order valence-electron chi connectivity index (χ4n) is 2.55. The van der Waals surface area contributed by atoms with Crippen molar-refractivity contribution in [3.8, 4) is 0 Å². The van der Waals surface area contributed by atoms with E-state index in [2.05, 4.69) is 37.7 Å². The van der Waals surface area contributed by atoms with Crippen molar-refractivity contribution < 1.29 is 0 Å². The highest BCUT2D eigenvalue weighted by molar-refractivity contribution is 7.80. The topological polar surface area (TPSA) is 55.8 Å². The second-order valence-electron chi connectivity index (χ2n) is 5.46. The molecule has 22 heavy (non-hydrogen) atoms. The number of likely N-dealkylation sites (N-methyl/N-ethyl adjacent to an activating group) is 1. The molecular formula is C14H19ClN6S. The minimum atomic E-state index is 0.666. The van der Waals surface area contributed by atoms with Gasteiger partial charge in [0.25, 0.3) is 0 Å². The van der Waals surface area contributed by atoms with E-state index < -0.39 is 0 Å². The maximum atomic E-state index is 6.19. The van der Waals surface area contributed by atoms with E-state index in [1.165, 1.54) is 0 Å². The highest BCUT2D eigenvalue weighted by Gasteiger charge is 2.20. The molecule has 2 N–H and O–H groups in total. The summed E-state index contributed by atoms with van der Waals surface area (Å²) in [6.45, 7) is 4.68. The number of hydrazone groups is 1. The van der Waals surface area contributed by atoms with Crippen molar-refractivity contribution in [3.05, 3.63) is 23.0 Å². The Hall–Kier alpha value is -1.44. The molecule has 3 heterocycles. The minimum Gasteiger partial charge on any atom is -0.382 e. The Bertz CT molecular complexity index is 597. The van der Waals surface area contributed by atoms with Gasteiger partial charge in [0.05, 0.1) is 16.4 Å². The van der Waals surface area contributed by atoms with Gasteiger partial charge in [-0.15, -0.1) is 0 Å². The molecule has 0 bridgehead atoms. The van der Waals surface area contributed by atoms with Crippen molar-refractivity contribution >= 4 is 40.3 Å². The summed E-state index contributed by atoms with van der Waals surface area (Å²) < 4.78 is 0. The lowest BCUT2D eigenvalue weighted by Gasteiger charge is -2.33. The molecule has 1 aromatic heterocycles. The monoisotopic (exact) mass is 338 g/mol. The number of anilines is 1. The first-order chi connectivity index (χ1) is 10.6. The second-order valence-corrected chi connectivity index (χ2v) is 6.25. The zero-order valence-electron chi connectivity index (χ0n) is 12.5. The van der Waals surface area contributed by atoms with Gasteiger partial charge in [0.2, 0.25) is 0 Å². The first kappa shape index (κ1) is 15.5. The van der Waals surface area contributed by atoms with Crippen LogP contribution in [-0.2, 0) is 0 Å². The molecule has 0 radical (unpaired) electrons. The second kappa shape index (κ2) is 6.76. The zero-order valence-corrected chi connectivity index (χ0v) is 14.0. The molecule has 0 aromatic carbocycles. The molecule has 3 rings (SSSR count). The molecule has 2 aliphatic rings. The number of halogens is 1. The summed E-state index contributed by atoms with van der Waals surface area (Å²) in [4.78, 5) is 8.82. The molecule has 0 saturated carbocycles. The van der Waals surface area contributed by atoms with Crippen LogP contribution in [0.1, 0.15) is 12.1 Å². The summed E-state index contributed by atoms with van der Waals surface area (Å²) in [5.41, 5.74) is 5.54. The predicted octanol–water partition coefficient (Wildman–Crippen LogP) is 1.38. The number of aromatic nitrogens is 1. The van der Waals surface area contributed by atoms with Crippen LogP contribution < -0.4 is 10.7 Å². The summed E-state index contributed by atoms with van der Waals surface area (Å²) in [7, 11) is 2.12. The largest absolute Gasteiger partial charge is 0.382 e. The Morgan fingerprint density at radius 2 is 2.18 bits per heavy atom. The fourth-order valence-corrected chi connectivity index (χ4v) is 2.99. The van der Waals surface area contributed by atoms with E-state index in [0.717, 1.165) is 56.2 Å². The van der Waals surface area contributed by atoms with Crippen LogP contribution in [-0.4, -0.2) is 65.4 Å². The molecule has 0 spiro atoms. The average molecular weight is 339 g/mol. The Morgan fingerprint density at radius 1 is 1.41 bits per heavy atom. The lowest BCUT2D eigenvalue weighted by Crippen LogP contribution is -2.49. The third kappa shape index (κ3) is 3.31. The normalized spacial score (nSPS) is 20.5. The first-order valence-electron chi connectivity index (χ1n) is 7.34. The van der Waals surface area contributed by atoms with Gasteiger partial charge >= 0.3 is 0 Å². The van der Waals surface area contributed by atoms with Crippen molar-refractivity contribution in [2.24, 2.45) is 5.10 Å². The van der Waals surface area contributed by atoms with Crippen molar-refractivity contribution in [3.63, 3.8) is 0 Å². The summed E-state index contributed by atoms with van der Waals surface area (Å²) >= 11 is 11.6. The van der Waals surface area contributed by atoms with Crippen molar-refractivity contribution in [1.82, 2.24) is 20.2 Å². The molecule has 8 heteroatoms. The smallest absolute Gasteiger partial charge is 0.189 e. The van der Waals surface area contributed by atoms with E-state index in [9.17, 15) is 0 Å². The Kier molecular flexibility index (Phi) is 4.75. The summed E-state index contributed by atoms with van der Waals surface area (Å²) in [6.07, 6.45) is 2.49. The van der Waals surface area contributed by atoms with Crippen molar-refractivity contribution in [2.45, 2.75) is 6.42 Å². The number of piperazine rings is 1. The van der Waals surface area contributed by atoms with Crippen molar-refractivity contribution in [2.75, 3.05) is 45.1 Å². The summed E-state index contributed by atoms with van der Waals surface area (Å²) in [5.74, 6) is 0. The average Bonchev–Trinajstić information content (AvgIpc) is 2.54. The van der Waals surface area contributed by atoms with Crippen LogP contribution in [0.5, 0.6) is 0 Å². The molecule has 1 aromatic rings. The minimum absolute atomic E-state index is 0.666. The molecule has 0 aliphatic carbocycles. The van der Waals surface area contributed by atoms with Crippen LogP contribution in [0.2, 0.25) is 5.02 Å². The third-order valence-electron chi connectivity index (χ3n) is 3.91. The van der Waals surface area contributed by atoms with Gasteiger partial charge in [0.15, 0.2) is 5.11 Å². The van der Waals surface area contributed by atoms with Crippen LogP contribution in [0.3, 0.4) is 0 Å². The van der Waals surface area contributed by atoms with Crippen LogP contribution in [0, 0.1) is 0 Å². The molecule has 1 fully saturated rings. The lowest BCUT2D eigenvalue weighted by atomic mass is 10.1. The molecule has 1 saturated heterocycles. The molecule has 2 aliphatic heterocycles. The molecule has 6 nitrogen and oxygen atoms in total. The van der Waals surface area contributed by atoms with E-state index in [4.69, 9.17) is 23.8 Å². The molecule has 0 atom stereocenters. The van der Waals surface area contributed by atoms with Crippen molar-refractivity contribution in [1.29, 1.82) is 0 Å². The van der Waals surface area contributed by atoms with Gasteiger partial charge in [-0.2, -0.15) is 5.10 Å². The molecule has 0 unspecified atom stereocenters. The Labute approximate surface area is 140 Å². The van der Waals surface area contributed by atoms with Gasteiger partial charge in [-0.25, -0.2) is 0 Å². The summed E-state index contributed by atoms with van der Waals surface area (Å²) in [5, 5.41) is 9.07. The number of fused-ring (bicyclic) bond motifs is 1. The maximum Gasteiger partial charge on any atom is 0.189 e. The van der Waals surface area contributed by atoms with Gasteiger partial charge in [0, 0.05) is 45.3 Å². The quantitative estimate of drug-likeness (QED) is 0.596. The van der Waals surface area contributed by atoms with Crippen LogP contribution in [0.15, 0.2) is 17.4 Å². The zero-order chi connectivity index (χ0) is 15.5. The van der Waals surface area contributed by atoms with E-state index in [0.29, 0.717) is 10.1 Å².